The number of amides is 2. The van der Waals surface area contributed by atoms with E-state index in [0.717, 1.165) is 11.1 Å². The number of nitrogens with one attached hydrogen (secondary N) is 2. The normalized spacial score (nSPS) is 11.0. The van der Waals surface area contributed by atoms with Crippen molar-refractivity contribution in [2.75, 3.05) is 11.9 Å². The Morgan fingerprint density at radius 1 is 1.28 bits per heavy atom. The molecule has 7 nitrogen and oxygen atoms in total. The number of anilines is 1. The van der Waals surface area contributed by atoms with Crippen molar-refractivity contribution in [2.45, 2.75) is 39.7 Å². The van der Waals surface area contributed by atoms with Gasteiger partial charge in [-0.3, -0.25) is 4.79 Å². The number of alkyl carbamates (subject to hydrolysis) is 1. The Morgan fingerprint density at radius 3 is 2.68 bits per heavy atom. The van der Waals surface area contributed by atoms with Crippen molar-refractivity contribution >= 4 is 17.7 Å². The van der Waals surface area contributed by atoms with E-state index in [1.165, 1.54) is 6.26 Å². The second kappa shape index (κ2) is 7.83. The molecule has 0 aliphatic carbocycles. The van der Waals surface area contributed by atoms with Gasteiger partial charge in [-0.1, -0.05) is 6.07 Å². The summed E-state index contributed by atoms with van der Waals surface area (Å²) in [5, 5.41) is 5.39. The van der Waals surface area contributed by atoms with Crippen LogP contribution in [0.25, 0.3) is 11.5 Å². The number of hydrogen-bond donors (Lipinski definition) is 2. The summed E-state index contributed by atoms with van der Waals surface area (Å²) in [6.07, 6.45) is 2.68. The molecule has 2 aromatic rings. The van der Waals surface area contributed by atoms with E-state index >= 15 is 0 Å². The van der Waals surface area contributed by atoms with Crippen LogP contribution in [-0.4, -0.2) is 29.1 Å². The lowest BCUT2D eigenvalue weighted by Crippen LogP contribution is -2.34. The first-order valence-electron chi connectivity index (χ1n) is 8.02. The van der Waals surface area contributed by atoms with E-state index in [0.29, 0.717) is 11.6 Å². The molecule has 7 heteroatoms. The topological polar surface area (TPSA) is 93.5 Å². The Kier molecular flexibility index (Phi) is 5.80. The van der Waals surface area contributed by atoms with Gasteiger partial charge in [-0.15, -0.1) is 0 Å². The average Bonchev–Trinajstić information content (AvgIpc) is 3.01. The fourth-order valence-corrected chi connectivity index (χ4v) is 2.16. The third-order valence-electron chi connectivity index (χ3n) is 3.29. The predicted molar refractivity (Wildman–Crippen MR) is 94.2 cm³/mol. The Morgan fingerprint density at radius 2 is 2.04 bits per heavy atom. The molecule has 0 aliphatic rings. The number of benzene rings is 1. The molecule has 1 aromatic heterocycles. The molecule has 0 bridgehead atoms. The zero-order valence-corrected chi connectivity index (χ0v) is 14.9. The first-order valence-corrected chi connectivity index (χ1v) is 8.02. The molecule has 0 fully saturated rings. The summed E-state index contributed by atoms with van der Waals surface area (Å²) in [7, 11) is 0. The number of rotatable bonds is 5. The van der Waals surface area contributed by atoms with Crippen molar-refractivity contribution in [1.29, 1.82) is 0 Å². The molecule has 2 amide bonds. The predicted octanol–water partition coefficient (Wildman–Crippen LogP) is 3.50. The molecule has 0 saturated carbocycles. The minimum atomic E-state index is -0.566. The highest BCUT2D eigenvalue weighted by Crippen LogP contribution is 2.27. The van der Waals surface area contributed by atoms with E-state index in [1.807, 2.05) is 19.1 Å². The SMILES string of the molecule is Cc1c(NC(=O)CCNC(=O)OC(C)(C)C)cccc1-c1ncco1. The smallest absolute Gasteiger partial charge is 0.407 e. The van der Waals surface area contributed by atoms with Gasteiger partial charge in [-0.2, -0.15) is 0 Å². The lowest BCUT2D eigenvalue weighted by atomic mass is 10.1. The molecule has 2 rings (SSSR count). The van der Waals surface area contributed by atoms with E-state index in [4.69, 9.17) is 9.15 Å². The molecule has 0 atom stereocenters. The van der Waals surface area contributed by atoms with Crippen LogP contribution in [0.15, 0.2) is 35.1 Å². The maximum Gasteiger partial charge on any atom is 0.407 e. The zero-order chi connectivity index (χ0) is 18.4. The van der Waals surface area contributed by atoms with Gasteiger partial charge in [0, 0.05) is 24.2 Å². The summed E-state index contributed by atoms with van der Waals surface area (Å²) >= 11 is 0. The fraction of sp³-hybridized carbons (Fsp3) is 0.389. The van der Waals surface area contributed by atoms with E-state index in [9.17, 15) is 9.59 Å². The standard InChI is InChI=1S/C18H23N3O4/c1-12-13(16-19-10-11-24-16)6-5-7-14(12)21-15(22)8-9-20-17(23)25-18(2,3)4/h5-7,10-11H,8-9H2,1-4H3,(H,20,23)(H,21,22). The minimum absolute atomic E-state index is 0.141. The van der Waals surface area contributed by atoms with Crippen LogP contribution < -0.4 is 10.6 Å². The lowest BCUT2D eigenvalue weighted by Gasteiger charge is -2.19. The summed E-state index contributed by atoms with van der Waals surface area (Å²) in [6, 6.07) is 5.50. The van der Waals surface area contributed by atoms with Crippen LogP contribution in [0.1, 0.15) is 32.8 Å². The van der Waals surface area contributed by atoms with E-state index in [2.05, 4.69) is 15.6 Å². The molecule has 0 radical (unpaired) electrons. The van der Waals surface area contributed by atoms with Crippen molar-refractivity contribution < 1.29 is 18.7 Å². The van der Waals surface area contributed by atoms with Crippen molar-refractivity contribution in [3.05, 3.63) is 36.2 Å². The molecular formula is C18H23N3O4. The van der Waals surface area contributed by atoms with Crippen molar-refractivity contribution in [3.8, 4) is 11.5 Å². The third-order valence-corrected chi connectivity index (χ3v) is 3.29. The second-order valence-electron chi connectivity index (χ2n) is 6.54. The van der Waals surface area contributed by atoms with E-state index < -0.39 is 11.7 Å². The lowest BCUT2D eigenvalue weighted by molar-refractivity contribution is -0.116. The van der Waals surface area contributed by atoms with Gasteiger partial charge in [-0.05, 0) is 45.4 Å². The van der Waals surface area contributed by atoms with Crippen LogP contribution in [0.3, 0.4) is 0 Å². The van der Waals surface area contributed by atoms with Crippen LogP contribution >= 0.6 is 0 Å². The number of hydrogen-bond acceptors (Lipinski definition) is 5. The molecule has 1 aromatic carbocycles. The molecule has 0 aliphatic heterocycles. The van der Waals surface area contributed by atoms with Crippen LogP contribution in [0.4, 0.5) is 10.5 Å². The number of ether oxygens (including phenoxy) is 1. The fourth-order valence-electron chi connectivity index (χ4n) is 2.16. The second-order valence-corrected chi connectivity index (χ2v) is 6.54. The van der Waals surface area contributed by atoms with Gasteiger partial charge >= 0.3 is 6.09 Å². The summed E-state index contributed by atoms with van der Waals surface area (Å²) in [6.45, 7) is 7.42. The van der Waals surface area contributed by atoms with E-state index in [1.54, 1.807) is 33.0 Å². The first kappa shape index (κ1) is 18.5. The molecule has 0 spiro atoms. The van der Waals surface area contributed by atoms with Gasteiger partial charge in [0.25, 0.3) is 0 Å². The molecule has 0 unspecified atom stereocenters. The summed E-state index contributed by atoms with van der Waals surface area (Å²) in [5.74, 6) is 0.295. The maximum absolute atomic E-state index is 12.1. The Hall–Kier alpha value is -2.83. The van der Waals surface area contributed by atoms with Crippen LogP contribution in [0.2, 0.25) is 0 Å². The minimum Gasteiger partial charge on any atom is -0.445 e. The monoisotopic (exact) mass is 345 g/mol. The van der Waals surface area contributed by atoms with Gasteiger partial charge in [0.05, 0.1) is 6.20 Å². The molecule has 1 heterocycles. The molecule has 134 valence electrons. The molecule has 0 saturated heterocycles. The number of carbonyl (C=O) groups excluding carboxylic acids is 2. The number of nitrogens with zero attached hydrogens (tertiary/aromatic N) is 1. The highest BCUT2D eigenvalue weighted by atomic mass is 16.6. The van der Waals surface area contributed by atoms with Crippen molar-refractivity contribution in [2.24, 2.45) is 0 Å². The number of aromatic nitrogens is 1. The average molecular weight is 345 g/mol. The molecule has 2 N–H and O–H groups in total. The first-order chi connectivity index (χ1) is 11.8. The molecule has 25 heavy (non-hydrogen) atoms. The summed E-state index contributed by atoms with van der Waals surface area (Å²) in [5.41, 5.74) is 1.79. The Balaban J connectivity index is 1.89. The summed E-state index contributed by atoms with van der Waals surface area (Å²) in [4.78, 5) is 27.8. The van der Waals surface area contributed by atoms with Crippen LogP contribution in [0.5, 0.6) is 0 Å². The van der Waals surface area contributed by atoms with Gasteiger partial charge in [0.1, 0.15) is 11.9 Å². The highest BCUT2D eigenvalue weighted by molar-refractivity contribution is 5.92. The largest absolute Gasteiger partial charge is 0.445 e. The summed E-state index contributed by atoms with van der Waals surface area (Å²) < 4.78 is 10.4. The van der Waals surface area contributed by atoms with Gasteiger partial charge in [0.15, 0.2) is 0 Å². The zero-order valence-electron chi connectivity index (χ0n) is 14.9. The van der Waals surface area contributed by atoms with Crippen LogP contribution in [-0.2, 0) is 9.53 Å². The maximum atomic E-state index is 12.1. The Bertz CT molecular complexity index is 733. The van der Waals surface area contributed by atoms with Gasteiger partial charge < -0.3 is 19.8 Å². The van der Waals surface area contributed by atoms with E-state index in [-0.39, 0.29) is 18.9 Å². The molecular weight excluding hydrogens is 322 g/mol. The number of oxazole rings is 1. The van der Waals surface area contributed by atoms with Gasteiger partial charge in [0.2, 0.25) is 11.8 Å². The van der Waals surface area contributed by atoms with Crippen molar-refractivity contribution in [1.82, 2.24) is 10.3 Å². The Labute approximate surface area is 146 Å². The third kappa shape index (κ3) is 5.63. The quantitative estimate of drug-likeness (QED) is 0.865. The number of carbonyl (C=O) groups is 2. The highest BCUT2D eigenvalue weighted by Gasteiger charge is 2.16. The van der Waals surface area contributed by atoms with Crippen molar-refractivity contribution in [3.63, 3.8) is 0 Å². The van der Waals surface area contributed by atoms with Crippen LogP contribution in [0, 0.1) is 6.92 Å². The van der Waals surface area contributed by atoms with Gasteiger partial charge in [-0.25, -0.2) is 9.78 Å².